The Hall–Kier alpha value is -3.21. The molecule has 0 bridgehead atoms. The van der Waals surface area contributed by atoms with Gasteiger partial charge in [0.25, 0.3) is 0 Å². The van der Waals surface area contributed by atoms with Crippen molar-refractivity contribution >= 4 is 11.8 Å². The van der Waals surface area contributed by atoms with Crippen LogP contribution in [0.1, 0.15) is 56.9 Å². The molecule has 1 aliphatic carbocycles. The number of nitrogens with zero attached hydrogens (tertiary/aromatic N) is 3. The van der Waals surface area contributed by atoms with Gasteiger partial charge in [0.15, 0.2) is 0 Å². The summed E-state index contributed by atoms with van der Waals surface area (Å²) in [6.07, 6.45) is 7.38. The number of hydrogen-bond donors (Lipinski definition) is 1. The van der Waals surface area contributed by atoms with Crippen LogP contribution in [0.5, 0.6) is 0 Å². The van der Waals surface area contributed by atoms with Crippen molar-refractivity contribution in [3.63, 3.8) is 0 Å². The van der Waals surface area contributed by atoms with E-state index in [1.165, 1.54) is 36.0 Å². The summed E-state index contributed by atoms with van der Waals surface area (Å²) < 4.78 is 5.41. The van der Waals surface area contributed by atoms with Crippen LogP contribution in [-0.2, 0) is 20.9 Å². The second kappa shape index (κ2) is 13.4. The number of benzene rings is 2. The van der Waals surface area contributed by atoms with Crippen LogP contribution in [0.3, 0.4) is 0 Å². The lowest BCUT2D eigenvalue weighted by Crippen LogP contribution is -2.52. The SMILES string of the molecule is N#CC1(NC(=O)C(CC(=O)N2CCOCC2)CC2CCCCC2)CCN(Cc2ccccc2-c2ccccc2)C1. The van der Waals surface area contributed by atoms with Gasteiger partial charge in [-0.1, -0.05) is 86.7 Å². The average Bonchev–Trinajstić information content (AvgIpc) is 3.41. The predicted octanol–water partition coefficient (Wildman–Crippen LogP) is 4.77. The van der Waals surface area contributed by atoms with E-state index >= 15 is 0 Å². The summed E-state index contributed by atoms with van der Waals surface area (Å²) >= 11 is 0. The fraction of sp³-hybridized carbons (Fsp3) is 0.545. The van der Waals surface area contributed by atoms with Gasteiger partial charge in [0.1, 0.15) is 5.54 Å². The molecule has 7 nitrogen and oxygen atoms in total. The number of rotatable bonds is 9. The molecule has 2 atom stereocenters. The van der Waals surface area contributed by atoms with Crippen LogP contribution in [0, 0.1) is 23.2 Å². The first-order valence-corrected chi connectivity index (χ1v) is 15.0. The fourth-order valence-electron chi connectivity index (χ4n) is 6.64. The summed E-state index contributed by atoms with van der Waals surface area (Å²) in [5.41, 5.74) is 2.63. The van der Waals surface area contributed by atoms with Gasteiger partial charge in [0.2, 0.25) is 11.8 Å². The van der Waals surface area contributed by atoms with Crippen molar-refractivity contribution in [1.82, 2.24) is 15.1 Å². The topological polar surface area (TPSA) is 85.7 Å². The predicted molar refractivity (Wildman–Crippen MR) is 155 cm³/mol. The Labute approximate surface area is 238 Å². The highest BCUT2D eigenvalue weighted by Gasteiger charge is 2.42. The van der Waals surface area contributed by atoms with Crippen LogP contribution in [0.4, 0.5) is 0 Å². The second-order valence-corrected chi connectivity index (χ2v) is 11.8. The number of morpholine rings is 1. The van der Waals surface area contributed by atoms with Gasteiger partial charge in [-0.05, 0) is 35.4 Å². The highest BCUT2D eigenvalue weighted by atomic mass is 16.5. The van der Waals surface area contributed by atoms with Crippen LogP contribution < -0.4 is 5.32 Å². The molecule has 40 heavy (non-hydrogen) atoms. The Morgan fingerprint density at radius 3 is 2.48 bits per heavy atom. The highest BCUT2D eigenvalue weighted by molar-refractivity contribution is 5.86. The van der Waals surface area contributed by atoms with Crippen LogP contribution in [-0.4, -0.2) is 66.5 Å². The Morgan fingerprint density at radius 1 is 1.00 bits per heavy atom. The molecule has 1 N–H and O–H groups in total. The third-order valence-electron chi connectivity index (χ3n) is 8.92. The van der Waals surface area contributed by atoms with E-state index in [2.05, 4.69) is 52.7 Å². The standard InChI is InChI=1S/C33H42N4O3/c34-24-33(15-16-36(25-33)23-28-13-7-8-14-30(28)27-11-5-2-6-12-27)35-32(39)29(21-26-9-3-1-4-10-26)22-31(38)37-17-19-40-20-18-37/h2,5-8,11-14,26,29H,1,3-4,9-10,15-23,25H2,(H,35,39). The zero-order chi connectivity index (χ0) is 27.8. The first kappa shape index (κ1) is 28.3. The molecule has 0 radical (unpaired) electrons. The van der Waals surface area contributed by atoms with Crippen LogP contribution in [0.15, 0.2) is 54.6 Å². The quantitative estimate of drug-likeness (QED) is 0.493. The minimum atomic E-state index is -0.939. The number of nitrogens with one attached hydrogen (secondary N) is 1. The Morgan fingerprint density at radius 2 is 1.73 bits per heavy atom. The molecule has 3 aliphatic rings. The molecule has 2 saturated heterocycles. The van der Waals surface area contributed by atoms with E-state index in [4.69, 9.17) is 4.74 Å². The monoisotopic (exact) mass is 542 g/mol. The van der Waals surface area contributed by atoms with E-state index in [1.54, 1.807) is 0 Å². The van der Waals surface area contributed by atoms with E-state index in [-0.39, 0.29) is 18.2 Å². The van der Waals surface area contributed by atoms with Gasteiger partial charge in [0.05, 0.1) is 19.3 Å². The lowest BCUT2D eigenvalue weighted by Gasteiger charge is -2.32. The lowest BCUT2D eigenvalue weighted by atomic mass is 9.81. The molecule has 212 valence electrons. The summed E-state index contributed by atoms with van der Waals surface area (Å²) in [6, 6.07) is 21.2. The van der Waals surface area contributed by atoms with Crippen molar-refractivity contribution < 1.29 is 14.3 Å². The van der Waals surface area contributed by atoms with Gasteiger partial charge in [0, 0.05) is 45.1 Å². The van der Waals surface area contributed by atoms with Gasteiger partial charge >= 0.3 is 0 Å². The molecule has 7 heteroatoms. The molecule has 2 aromatic rings. The summed E-state index contributed by atoms with van der Waals surface area (Å²) in [7, 11) is 0. The fourth-order valence-corrected chi connectivity index (χ4v) is 6.64. The minimum absolute atomic E-state index is 0.0239. The Kier molecular flexibility index (Phi) is 9.51. The van der Waals surface area contributed by atoms with Crippen LogP contribution >= 0.6 is 0 Å². The normalized spacial score (nSPS) is 22.9. The number of carbonyl (C=O) groups is 2. The molecule has 0 aromatic heterocycles. The number of ether oxygens (including phenoxy) is 1. The van der Waals surface area contributed by atoms with Crippen molar-refractivity contribution in [1.29, 1.82) is 5.26 Å². The minimum Gasteiger partial charge on any atom is -0.378 e. The third kappa shape index (κ3) is 7.10. The molecule has 3 fully saturated rings. The summed E-state index contributed by atoms with van der Waals surface area (Å²) in [5.74, 6) is -0.0535. The summed E-state index contributed by atoms with van der Waals surface area (Å²) in [6.45, 7) is 4.18. The first-order valence-electron chi connectivity index (χ1n) is 15.0. The maximum Gasteiger partial charge on any atom is 0.224 e. The van der Waals surface area contributed by atoms with Gasteiger partial charge in [-0.2, -0.15) is 5.26 Å². The van der Waals surface area contributed by atoms with Gasteiger partial charge in [-0.3, -0.25) is 14.5 Å². The van der Waals surface area contributed by atoms with E-state index < -0.39 is 11.5 Å². The zero-order valence-electron chi connectivity index (χ0n) is 23.5. The van der Waals surface area contributed by atoms with Crippen molar-refractivity contribution in [3.05, 3.63) is 60.2 Å². The molecule has 5 rings (SSSR count). The molecule has 2 unspecified atom stereocenters. The van der Waals surface area contributed by atoms with Gasteiger partial charge in [-0.25, -0.2) is 0 Å². The van der Waals surface area contributed by atoms with Crippen LogP contribution in [0.25, 0.3) is 11.1 Å². The van der Waals surface area contributed by atoms with E-state index in [0.29, 0.717) is 51.7 Å². The number of amides is 2. The number of likely N-dealkylation sites (tertiary alicyclic amines) is 1. The average molecular weight is 543 g/mol. The van der Waals surface area contributed by atoms with E-state index in [1.807, 2.05) is 23.1 Å². The molecule has 1 saturated carbocycles. The smallest absolute Gasteiger partial charge is 0.224 e. The van der Waals surface area contributed by atoms with Crippen molar-refractivity contribution in [2.24, 2.45) is 11.8 Å². The van der Waals surface area contributed by atoms with Gasteiger partial charge in [-0.15, -0.1) is 0 Å². The summed E-state index contributed by atoms with van der Waals surface area (Å²) in [4.78, 5) is 31.0. The van der Waals surface area contributed by atoms with Crippen molar-refractivity contribution in [2.75, 3.05) is 39.4 Å². The summed E-state index contributed by atoms with van der Waals surface area (Å²) in [5, 5.41) is 13.5. The Bertz CT molecular complexity index is 1180. The lowest BCUT2D eigenvalue weighted by molar-refractivity contribution is -0.140. The van der Waals surface area contributed by atoms with Crippen molar-refractivity contribution in [3.8, 4) is 17.2 Å². The number of nitriles is 1. The van der Waals surface area contributed by atoms with Gasteiger partial charge < -0.3 is 15.0 Å². The number of carbonyl (C=O) groups excluding carboxylic acids is 2. The molecule has 2 heterocycles. The Balaban J connectivity index is 1.26. The largest absolute Gasteiger partial charge is 0.378 e. The first-order chi connectivity index (χ1) is 19.5. The maximum absolute atomic E-state index is 13.8. The van der Waals surface area contributed by atoms with Crippen molar-refractivity contribution in [2.45, 2.75) is 63.5 Å². The molecule has 2 aromatic carbocycles. The van der Waals surface area contributed by atoms with E-state index in [0.717, 1.165) is 25.8 Å². The molecular formula is C33H42N4O3. The molecule has 2 amide bonds. The van der Waals surface area contributed by atoms with Crippen LogP contribution in [0.2, 0.25) is 0 Å². The zero-order valence-corrected chi connectivity index (χ0v) is 23.5. The second-order valence-electron chi connectivity index (χ2n) is 11.8. The highest BCUT2D eigenvalue weighted by Crippen LogP contribution is 2.32. The molecule has 2 aliphatic heterocycles. The molecular weight excluding hydrogens is 500 g/mol. The van der Waals surface area contributed by atoms with E-state index in [9.17, 15) is 14.9 Å². The maximum atomic E-state index is 13.8. The molecule has 0 spiro atoms. The number of hydrogen-bond acceptors (Lipinski definition) is 5. The third-order valence-corrected chi connectivity index (χ3v) is 8.92.